The first kappa shape index (κ1) is 85.2. The standard InChI is InChI=1S/3C13H17NS.C8H15NO3S.C6H6S.5C2H6.CH4.Na.3Pd.H/c3*1-14-10-7-11(14)9-13(8-10)15-12-5-3-2-4-6-12;1-9-6-3-7(9)5-8(4-6)12-13(2,10)11;7-6-4-2-1-3-5-6;5*1-2;;;;;;/h3*2-6,10-11,13H,7-9H2,1H3;6-8H,3-5H2,1-2H3;1-5,7H;5*1-2H3;1H4;;;;;/q;;;;;;;;;;;+1;;;;-1. The Balaban J connectivity index is -0.000000438. The third-order valence-electron chi connectivity index (χ3n) is 15.3. The van der Waals surface area contributed by atoms with Crippen LogP contribution in [0.2, 0.25) is 0 Å². The summed E-state index contributed by atoms with van der Waals surface area (Å²) in [6.45, 7) is 20.0. The number of thiol groups is 1. The average Bonchev–Trinajstić information content (AvgIpc) is 3.46. The Morgan fingerprint density at radius 1 is 0.400 bits per heavy atom. The molecule has 80 heavy (non-hydrogen) atoms. The minimum absolute atomic E-state index is 0. The molecule has 8 aliphatic heterocycles. The van der Waals surface area contributed by atoms with E-state index in [9.17, 15) is 8.42 Å². The summed E-state index contributed by atoms with van der Waals surface area (Å²) < 4.78 is 26.7. The van der Waals surface area contributed by atoms with Crippen LogP contribution in [0.25, 0.3) is 0 Å². The summed E-state index contributed by atoms with van der Waals surface area (Å²) in [5, 5.41) is 2.56. The van der Waals surface area contributed by atoms with Gasteiger partial charge in [0.15, 0.2) is 0 Å². The molecule has 0 aromatic heterocycles. The molecule has 4 saturated carbocycles. The molecule has 4 aliphatic carbocycles. The van der Waals surface area contributed by atoms with Crippen molar-refractivity contribution in [3.63, 3.8) is 0 Å². The number of piperidine rings is 4. The Morgan fingerprint density at radius 2 is 0.600 bits per heavy atom. The molecule has 0 amide bonds. The minimum Gasteiger partial charge on any atom is -1.00 e. The average molecular weight is 1480 g/mol. The summed E-state index contributed by atoms with van der Waals surface area (Å²) >= 11 is 10.3. The summed E-state index contributed by atoms with van der Waals surface area (Å²) in [6.07, 6.45) is 16.6. The minimum atomic E-state index is -3.26. The number of benzene rings is 4. The Bertz CT molecular complexity index is 1980. The molecule has 0 spiro atoms. The quantitative estimate of drug-likeness (QED) is 0.105. The first-order valence-electron chi connectivity index (χ1n) is 29.0. The number of thioether (sulfide) groups is 3. The van der Waals surface area contributed by atoms with Gasteiger partial charge in [0.1, 0.15) is 0 Å². The monoisotopic (exact) mass is 1480 g/mol. The zero-order chi connectivity index (χ0) is 55.5. The largest absolute Gasteiger partial charge is 1.00 e. The molecule has 16 rings (SSSR count). The van der Waals surface area contributed by atoms with Crippen LogP contribution >= 0.6 is 47.9 Å². The predicted octanol–water partition coefficient (Wildman–Crippen LogP) is 14.1. The molecule has 0 N–H and O–H groups in total. The van der Waals surface area contributed by atoms with E-state index in [1.54, 1.807) is 0 Å². The summed E-state index contributed by atoms with van der Waals surface area (Å²) in [7, 11) is 5.67. The molecule has 16 heteroatoms. The van der Waals surface area contributed by atoms with Crippen LogP contribution < -0.4 is 29.6 Å². The van der Waals surface area contributed by atoms with Crippen molar-refractivity contribution in [3.8, 4) is 0 Å². The van der Waals surface area contributed by atoms with Crippen molar-refractivity contribution in [1.82, 2.24) is 19.6 Å². The van der Waals surface area contributed by atoms with E-state index in [0.29, 0.717) is 12.1 Å². The first-order chi connectivity index (χ1) is 36.3. The van der Waals surface area contributed by atoms with Crippen molar-refractivity contribution in [1.29, 1.82) is 0 Å². The maximum atomic E-state index is 10.9. The van der Waals surface area contributed by atoms with E-state index >= 15 is 0 Å². The normalized spacial score (nSPS) is 27.2. The number of hydrogen-bond acceptors (Lipinski definition) is 11. The Morgan fingerprint density at radius 3 is 0.775 bits per heavy atom. The first-order valence-corrected chi connectivity index (χ1v) is 33.9. The van der Waals surface area contributed by atoms with Gasteiger partial charge < -0.3 is 21.0 Å². The topological polar surface area (TPSA) is 56.3 Å². The molecular formula is C64H107N4NaO3Pd3S5. The Kier molecular flexibility index (Phi) is 50.2. The molecule has 0 radical (unpaired) electrons. The van der Waals surface area contributed by atoms with Crippen molar-refractivity contribution in [2.75, 3.05) is 34.4 Å². The number of rotatable bonds is 8. The third kappa shape index (κ3) is 28.5. The molecule has 8 unspecified atom stereocenters. The van der Waals surface area contributed by atoms with Gasteiger partial charge in [0, 0.05) is 145 Å². The molecular weight excluding hydrogens is 1380 g/mol. The Labute approximate surface area is 575 Å². The van der Waals surface area contributed by atoms with Crippen LogP contribution in [0.3, 0.4) is 0 Å². The summed E-state index contributed by atoms with van der Waals surface area (Å²) in [5.41, 5.74) is 0. The van der Waals surface area contributed by atoms with Crippen molar-refractivity contribution >= 4 is 58.0 Å². The number of nitrogens with zero attached hydrogens (tertiary/aromatic N) is 4. The maximum absolute atomic E-state index is 10.9. The molecule has 7 nitrogen and oxygen atoms in total. The van der Waals surface area contributed by atoms with Crippen LogP contribution in [-0.4, -0.2) is 133 Å². The van der Waals surface area contributed by atoms with Gasteiger partial charge in [0.2, 0.25) is 0 Å². The zero-order valence-corrected chi connectivity index (χ0v) is 61.8. The fraction of sp³-hybridized carbons (Fsp3) is 0.625. The van der Waals surface area contributed by atoms with Crippen molar-refractivity contribution in [3.05, 3.63) is 121 Å². The van der Waals surface area contributed by atoms with E-state index in [0.717, 1.165) is 76.0 Å². The van der Waals surface area contributed by atoms with Gasteiger partial charge in [0.25, 0.3) is 10.1 Å². The summed E-state index contributed by atoms with van der Waals surface area (Å²) in [5.74, 6) is 0. The molecule has 8 heterocycles. The van der Waals surface area contributed by atoms with Gasteiger partial charge in [-0.05, 0) is 154 Å². The molecule has 12 fully saturated rings. The molecule has 4 aromatic carbocycles. The van der Waals surface area contributed by atoms with Crippen molar-refractivity contribution < 1.29 is 105 Å². The second-order valence-electron chi connectivity index (χ2n) is 19.6. The molecule has 12 aliphatic rings. The number of hydrogen-bond donors (Lipinski definition) is 1. The summed E-state index contributed by atoms with van der Waals surface area (Å²) in [6, 6.07) is 48.6. The second kappa shape index (κ2) is 47.1. The zero-order valence-electron chi connectivity index (χ0n) is 52.0. The summed E-state index contributed by atoms with van der Waals surface area (Å²) in [4.78, 5) is 15.3. The predicted molar refractivity (Wildman–Crippen MR) is 343 cm³/mol. The van der Waals surface area contributed by atoms with Crippen LogP contribution in [0.5, 0.6) is 0 Å². The van der Waals surface area contributed by atoms with Gasteiger partial charge in [-0.15, -0.1) is 47.9 Å². The Hall–Kier alpha value is 1.02. The van der Waals surface area contributed by atoms with Crippen LogP contribution in [-0.2, 0) is 75.6 Å². The van der Waals surface area contributed by atoms with Crippen LogP contribution in [0.4, 0.5) is 0 Å². The van der Waals surface area contributed by atoms with Gasteiger partial charge in [-0.1, -0.05) is 149 Å². The number of fused-ring (bicyclic) bond motifs is 8. The van der Waals surface area contributed by atoms with Crippen LogP contribution in [0, 0.1) is 0 Å². The second-order valence-corrected chi connectivity index (χ2v) is 25.9. The van der Waals surface area contributed by atoms with Crippen LogP contribution in [0.15, 0.2) is 141 Å². The van der Waals surface area contributed by atoms with Gasteiger partial charge in [-0.25, -0.2) is 0 Å². The third-order valence-corrected chi connectivity index (χ3v) is 20.0. The molecule has 8 bridgehead atoms. The van der Waals surface area contributed by atoms with E-state index in [1.807, 2.05) is 99.6 Å². The van der Waals surface area contributed by atoms with E-state index in [2.05, 4.69) is 187 Å². The SMILES string of the molecule is C.CC.CC.CC.CC.CC.CN1C2CC(OS(C)(=O)=O)CC1C2.CN1C2CC(Sc3ccccc3)CC1C2.CN1C2CC(Sc3ccccc3)CC1C2.CN1C2CC(Sc3ccccc3)CC1C2.Sc1ccccc1.[H-].[Na+].[Pd].[Pd].[Pd]. The maximum Gasteiger partial charge on any atom is 1.00 e. The molecule has 8 atom stereocenters. The van der Waals surface area contributed by atoms with Crippen molar-refractivity contribution in [2.24, 2.45) is 0 Å². The van der Waals surface area contributed by atoms with E-state index in [1.165, 1.54) is 78.9 Å². The fourth-order valence-corrected chi connectivity index (χ4v) is 16.1. The van der Waals surface area contributed by atoms with E-state index in [-0.39, 0.29) is 106 Å². The smallest absolute Gasteiger partial charge is 1.00 e. The van der Waals surface area contributed by atoms with Gasteiger partial charge in [-0.3, -0.25) is 4.18 Å². The van der Waals surface area contributed by atoms with Gasteiger partial charge >= 0.3 is 29.6 Å². The fourth-order valence-electron chi connectivity index (χ4n) is 11.3. The van der Waals surface area contributed by atoms with E-state index in [4.69, 9.17) is 4.18 Å². The van der Waals surface area contributed by atoms with E-state index < -0.39 is 10.1 Å². The van der Waals surface area contributed by atoms with Crippen LogP contribution in [0.1, 0.15) is 155 Å². The molecule has 4 aromatic rings. The van der Waals surface area contributed by atoms with Gasteiger partial charge in [0.05, 0.1) is 12.4 Å². The van der Waals surface area contributed by atoms with Gasteiger partial charge in [-0.2, -0.15) is 8.42 Å². The molecule has 8 saturated heterocycles. The van der Waals surface area contributed by atoms with Crippen molar-refractivity contribution in [2.45, 2.75) is 243 Å². The molecule has 462 valence electrons.